The molecule has 0 aromatic carbocycles. The number of likely N-dealkylation sites (tertiary alicyclic amines) is 1. The van der Waals surface area contributed by atoms with Crippen LogP contribution in [0.4, 0.5) is 13.2 Å². The van der Waals surface area contributed by atoms with Crippen LogP contribution in [0.3, 0.4) is 0 Å². The molecule has 112 valence electrons. The Hall–Kier alpha value is -0.530. The minimum Gasteiger partial charge on any atom is -0.346 e. The SMILES string of the molecule is Cl.O=C(CN1CCC2(CCNC2)C1)NCC(F)(F)F. The first kappa shape index (κ1) is 16.5. The number of rotatable bonds is 3. The van der Waals surface area contributed by atoms with Crippen LogP contribution in [0.2, 0.25) is 0 Å². The summed E-state index contributed by atoms with van der Waals surface area (Å²) in [5, 5.41) is 5.21. The maximum absolute atomic E-state index is 11.9. The van der Waals surface area contributed by atoms with Crippen molar-refractivity contribution in [3.05, 3.63) is 0 Å². The maximum atomic E-state index is 11.9. The predicted octanol–water partition coefficient (Wildman–Crippen LogP) is 0.772. The summed E-state index contributed by atoms with van der Waals surface area (Å²) in [5.41, 5.74) is 0.240. The maximum Gasteiger partial charge on any atom is 0.405 e. The first-order chi connectivity index (χ1) is 8.39. The number of hydrogen-bond donors (Lipinski definition) is 2. The van der Waals surface area contributed by atoms with Crippen LogP contribution in [0, 0.1) is 5.41 Å². The van der Waals surface area contributed by atoms with Crippen LogP contribution in [-0.4, -0.2) is 56.3 Å². The molecule has 1 unspecified atom stereocenters. The van der Waals surface area contributed by atoms with Gasteiger partial charge in [-0.05, 0) is 31.3 Å². The van der Waals surface area contributed by atoms with Crippen molar-refractivity contribution in [3.8, 4) is 0 Å². The van der Waals surface area contributed by atoms with E-state index in [1.165, 1.54) is 0 Å². The lowest BCUT2D eigenvalue weighted by Crippen LogP contribution is -2.41. The molecule has 2 heterocycles. The molecular weight excluding hydrogens is 283 g/mol. The van der Waals surface area contributed by atoms with E-state index in [4.69, 9.17) is 0 Å². The Kier molecular flexibility index (Phi) is 5.46. The summed E-state index contributed by atoms with van der Waals surface area (Å²) >= 11 is 0. The van der Waals surface area contributed by atoms with Crippen molar-refractivity contribution in [1.82, 2.24) is 15.5 Å². The third-order valence-corrected chi connectivity index (χ3v) is 3.70. The van der Waals surface area contributed by atoms with Crippen molar-refractivity contribution >= 4 is 18.3 Å². The summed E-state index contributed by atoms with van der Waals surface area (Å²) in [6.07, 6.45) is -2.22. The lowest BCUT2D eigenvalue weighted by Gasteiger charge is -2.22. The van der Waals surface area contributed by atoms with Gasteiger partial charge in [0.05, 0.1) is 6.54 Å². The van der Waals surface area contributed by atoms with Gasteiger partial charge >= 0.3 is 6.18 Å². The molecule has 2 aliphatic rings. The van der Waals surface area contributed by atoms with E-state index in [1.54, 1.807) is 0 Å². The van der Waals surface area contributed by atoms with Crippen LogP contribution in [0.5, 0.6) is 0 Å². The second kappa shape index (κ2) is 6.28. The second-order valence-electron chi connectivity index (χ2n) is 5.28. The van der Waals surface area contributed by atoms with Crippen molar-refractivity contribution in [3.63, 3.8) is 0 Å². The van der Waals surface area contributed by atoms with E-state index < -0.39 is 18.6 Å². The van der Waals surface area contributed by atoms with Crippen molar-refractivity contribution in [2.75, 3.05) is 39.3 Å². The van der Waals surface area contributed by atoms with Crippen LogP contribution in [0.1, 0.15) is 12.8 Å². The topological polar surface area (TPSA) is 44.4 Å². The smallest absolute Gasteiger partial charge is 0.346 e. The molecule has 1 atom stereocenters. The number of carbonyl (C=O) groups excluding carboxylic acids is 1. The molecule has 1 amide bonds. The number of alkyl halides is 3. The van der Waals surface area contributed by atoms with Crippen LogP contribution >= 0.6 is 12.4 Å². The fourth-order valence-corrected chi connectivity index (χ4v) is 2.76. The highest BCUT2D eigenvalue weighted by molar-refractivity contribution is 5.85. The van der Waals surface area contributed by atoms with Gasteiger partial charge in [0.25, 0.3) is 0 Å². The van der Waals surface area contributed by atoms with E-state index in [-0.39, 0.29) is 24.4 Å². The minimum absolute atomic E-state index is 0. The lowest BCUT2D eigenvalue weighted by atomic mass is 9.87. The molecule has 0 aromatic rings. The van der Waals surface area contributed by atoms with E-state index in [9.17, 15) is 18.0 Å². The van der Waals surface area contributed by atoms with E-state index in [0.29, 0.717) is 0 Å². The molecule has 2 N–H and O–H groups in total. The molecule has 2 rings (SSSR count). The molecule has 0 aliphatic carbocycles. The highest BCUT2D eigenvalue weighted by Gasteiger charge is 2.40. The summed E-state index contributed by atoms with van der Waals surface area (Å²) in [7, 11) is 0. The lowest BCUT2D eigenvalue weighted by molar-refractivity contribution is -0.138. The summed E-state index contributed by atoms with van der Waals surface area (Å²) < 4.78 is 35.8. The average molecular weight is 302 g/mol. The van der Waals surface area contributed by atoms with E-state index in [2.05, 4.69) is 5.32 Å². The molecule has 0 bridgehead atoms. The van der Waals surface area contributed by atoms with Gasteiger partial charge < -0.3 is 10.6 Å². The van der Waals surface area contributed by atoms with E-state index in [1.807, 2.05) is 10.2 Å². The number of nitrogens with one attached hydrogen (secondary N) is 2. The highest BCUT2D eigenvalue weighted by atomic mass is 35.5. The highest BCUT2D eigenvalue weighted by Crippen LogP contribution is 2.35. The number of hydrogen-bond acceptors (Lipinski definition) is 3. The zero-order valence-corrected chi connectivity index (χ0v) is 11.4. The van der Waals surface area contributed by atoms with Crippen molar-refractivity contribution in [2.45, 2.75) is 19.0 Å². The average Bonchev–Trinajstić information content (AvgIpc) is 2.87. The van der Waals surface area contributed by atoms with Crippen LogP contribution in [-0.2, 0) is 4.79 Å². The van der Waals surface area contributed by atoms with Crippen molar-refractivity contribution < 1.29 is 18.0 Å². The molecule has 2 saturated heterocycles. The number of halogens is 4. The van der Waals surface area contributed by atoms with Gasteiger partial charge in [0.2, 0.25) is 5.91 Å². The van der Waals surface area contributed by atoms with Crippen LogP contribution < -0.4 is 10.6 Å². The first-order valence-corrected chi connectivity index (χ1v) is 6.15. The normalized spacial score (nSPS) is 27.5. The fraction of sp³-hybridized carbons (Fsp3) is 0.909. The quantitative estimate of drug-likeness (QED) is 0.809. The van der Waals surface area contributed by atoms with Crippen LogP contribution in [0.15, 0.2) is 0 Å². The number of amides is 1. The zero-order chi connectivity index (χ0) is 13.2. The Labute approximate surface area is 116 Å². The molecule has 2 fully saturated rings. The fourth-order valence-electron chi connectivity index (χ4n) is 2.76. The largest absolute Gasteiger partial charge is 0.405 e. The summed E-state index contributed by atoms with van der Waals surface area (Å²) in [4.78, 5) is 13.3. The molecule has 0 aromatic heterocycles. The molecule has 4 nitrogen and oxygen atoms in total. The van der Waals surface area contributed by atoms with Gasteiger partial charge in [-0.2, -0.15) is 13.2 Å². The molecule has 0 radical (unpaired) electrons. The van der Waals surface area contributed by atoms with Gasteiger partial charge in [-0.3, -0.25) is 9.69 Å². The third kappa shape index (κ3) is 4.81. The number of nitrogens with zero attached hydrogens (tertiary/aromatic N) is 1. The predicted molar refractivity (Wildman–Crippen MR) is 67.3 cm³/mol. The standard InChI is InChI=1S/C11H18F3N3O.ClH/c12-11(13,14)7-16-9(18)5-17-4-2-10(8-17)1-3-15-6-10;/h15H,1-8H2,(H,16,18);1H. The third-order valence-electron chi connectivity index (χ3n) is 3.70. The van der Waals surface area contributed by atoms with Gasteiger partial charge in [0.1, 0.15) is 6.54 Å². The van der Waals surface area contributed by atoms with Crippen molar-refractivity contribution in [1.29, 1.82) is 0 Å². The first-order valence-electron chi connectivity index (χ1n) is 6.15. The summed E-state index contributed by atoms with van der Waals surface area (Å²) in [6, 6.07) is 0. The van der Waals surface area contributed by atoms with Crippen LogP contribution in [0.25, 0.3) is 0 Å². The van der Waals surface area contributed by atoms with Gasteiger partial charge in [0.15, 0.2) is 0 Å². The monoisotopic (exact) mass is 301 g/mol. The Morgan fingerprint density at radius 3 is 2.68 bits per heavy atom. The van der Waals surface area contributed by atoms with E-state index in [0.717, 1.165) is 39.0 Å². The summed E-state index contributed by atoms with van der Waals surface area (Å²) in [5.74, 6) is -0.546. The second-order valence-corrected chi connectivity index (χ2v) is 5.28. The zero-order valence-electron chi connectivity index (χ0n) is 10.6. The molecule has 1 spiro atoms. The molecule has 0 saturated carbocycles. The van der Waals surface area contributed by atoms with Crippen molar-refractivity contribution in [2.24, 2.45) is 5.41 Å². The summed E-state index contributed by atoms with van der Waals surface area (Å²) in [6.45, 7) is 2.37. The van der Waals surface area contributed by atoms with Gasteiger partial charge in [-0.25, -0.2) is 0 Å². The minimum atomic E-state index is -4.34. The Bertz CT molecular complexity index is 319. The van der Waals surface area contributed by atoms with Gasteiger partial charge in [-0.15, -0.1) is 12.4 Å². The number of carbonyl (C=O) groups is 1. The molecule has 19 heavy (non-hydrogen) atoms. The Morgan fingerprint density at radius 1 is 1.37 bits per heavy atom. The molecular formula is C11H19ClF3N3O. The Balaban J connectivity index is 0.00000180. The van der Waals surface area contributed by atoms with E-state index >= 15 is 0 Å². The molecule has 2 aliphatic heterocycles. The van der Waals surface area contributed by atoms with Gasteiger partial charge in [-0.1, -0.05) is 0 Å². The molecule has 8 heteroatoms. The van der Waals surface area contributed by atoms with Gasteiger partial charge in [0, 0.05) is 13.1 Å². The Morgan fingerprint density at radius 2 is 2.11 bits per heavy atom.